The summed E-state index contributed by atoms with van der Waals surface area (Å²) in [6.45, 7) is 0.0951. The van der Waals surface area contributed by atoms with Crippen LogP contribution in [-0.2, 0) is 37.7 Å². The van der Waals surface area contributed by atoms with E-state index in [9.17, 15) is 14.7 Å². The molecule has 0 radical (unpaired) electrons. The van der Waals surface area contributed by atoms with E-state index < -0.39 is 11.8 Å². The lowest BCUT2D eigenvalue weighted by Gasteiger charge is -2.26. The molecule has 36 heavy (non-hydrogen) atoms. The number of esters is 2. The predicted molar refractivity (Wildman–Crippen MR) is 128 cm³/mol. The molecule has 0 saturated carbocycles. The normalized spacial score (nSPS) is 18.2. The fourth-order valence-electron chi connectivity index (χ4n) is 4.43. The second kappa shape index (κ2) is 9.39. The van der Waals surface area contributed by atoms with Gasteiger partial charge in [0, 0.05) is 17.6 Å². The van der Waals surface area contributed by atoms with Gasteiger partial charge in [0.1, 0.15) is 5.75 Å². The van der Waals surface area contributed by atoms with E-state index in [1.165, 1.54) is 7.11 Å². The average Bonchev–Trinajstić information content (AvgIpc) is 3.46. The quantitative estimate of drug-likeness (QED) is 0.504. The average molecular weight is 488 g/mol. The summed E-state index contributed by atoms with van der Waals surface area (Å²) in [5.41, 5.74) is 3.07. The molecule has 3 aromatic carbocycles. The molecule has 2 aliphatic heterocycles. The van der Waals surface area contributed by atoms with E-state index in [0.29, 0.717) is 33.9 Å². The highest BCUT2D eigenvalue weighted by molar-refractivity contribution is 6.20. The van der Waals surface area contributed by atoms with Gasteiger partial charge in [0.25, 0.3) is 5.79 Å². The number of carbonyl (C=O) groups excluding carboxylic acids is 2. The molecule has 0 spiro atoms. The number of rotatable bonds is 7. The van der Waals surface area contributed by atoms with Crippen molar-refractivity contribution < 1.29 is 38.4 Å². The van der Waals surface area contributed by atoms with Crippen LogP contribution in [0.4, 0.5) is 0 Å². The van der Waals surface area contributed by atoms with Gasteiger partial charge in [-0.05, 0) is 53.1 Å². The summed E-state index contributed by atoms with van der Waals surface area (Å²) in [7, 11) is 2.88. The standard InChI is InChI=1S/C28H24O8/c1-32-21-9-7-20(8-10-21)28(31)22(13-17-4-3-5-18(12-17)14-25(29)33-2)26(27(30)36-28)19-6-11-23-24(15-19)35-16-34-23/h3-12,15,31H,13-14,16H2,1-2H3. The first-order valence-electron chi connectivity index (χ1n) is 11.3. The van der Waals surface area contributed by atoms with Crippen LogP contribution in [0.2, 0.25) is 0 Å². The van der Waals surface area contributed by atoms with Crippen molar-refractivity contribution in [2.24, 2.45) is 0 Å². The zero-order valence-corrected chi connectivity index (χ0v) is 19.8. The topological polar surface area (TPSA) is 101 Å². The molecule has 0 fully saturated rings. The Kier molecular flexibility index (Phi) is 6.12. The summed E-state index contributed by atoms with van der Waals surface area (Å²) in [5, 5.41) is 11.8. The van der Waals surface area contributed by atoms with E-state index in [1.54, 1.807) is 49.6 Å². The van der Waals surface area contributed by atoms with Gasteiger partial charge in [-0.1, -0.05) is 30.3 Å². The van der Waals surface area contributed by atoms with Gasteiger partial charge in [-0.15, -0.1) is 0 Å². The minimum atomic E-state index is -2.01. The minimum absolute atomic E-state index is 0.0951. The Hall–Kier alpha value is -4.30. The van der Waals surface area contributed by atoms with E-state index in [-0.39, 0.29) is 31.2 Å². The zero-order valence-electron chi connectivity index (χ0n) is 19.8. The smallest absolute Gasteiger partial charge is 0.342 e. The number of fused-ring (bicyclic) bond motifs is 1. The van der Waals surface area contributed by atoms with Crippen LogP contribution < -0.4 is 14.2 Å². The molecule has 0 amide bonds. The molecule has 5 rings (SSSR count). The molecule has 184 valence electrons. The number of aliphatic hydroxyl groups is 1. The van der Waals surface area contributed by atoms with Crippen LogP contribution in [0.5, 0.6) is 17.2 Å². The van der Waals surface area contributed by atoms with Gasteiger partial charge in [0.05, 0.1) is 26.2 Å². The van der Waals surface area contributed by atoms with Crippen molar-refractivity contribution in [2.75, 3.05) is 21.0 Å². The molecule has 1 unspecified atom stereocenters. The number of hydrogen-bond donors (Lipinski definition) is 1. The van der Waals surface area contributed by atoms with Crippen LogP contribution in [-0.4, -0.2) is 38.1 Å². The number of hydrogen-bond acceptors (Lipinski definition) is 8. The maximum absolute atomic E-state index is 13.2. The third kappa shape index (κ3) is 4.27. The number of methoxy groups -OCH3 is 2. The zero-order chi connectivity index (χ0) is 25.3. The van der Waals surface area contributed by atoms with E-state index in [2.05, 4.69) is 0 Å². The van der Waals surface area contributed by atoms with Crippen molar-refractivity contribution in [2.45, 2.75) is 18.6 Å². The molecule has 0 bridgehead atoms. The second-order valence-electron chi connectivity index (χ2n) is 8.43. The highest BCUT2D eigenvalue weighted by atomic mass is 16.7. The summed E-state index contributed by atoms with van der Waals surface area (Å²) in [5.74, 6) is -1.34. The van der Waals surface area contributed by atoms with Crippen LogP contribution in [0.25, 0.3) is 5.57 Å². The van der Waals surface area contributed by atoms with Gasteiger partial charge in [0.2, 0.25) is 6.79 Å². The van der Waals surface area contributed by atoms with Gasteiger partial charge >= 0.3 is 11.9 Å². The molecule has 2 aliphatic rings. The first-order chi connectivity index (χ1) is 17.4. The molecule has 3 aromatic rings. The van der Waals surface area contributed by atoms with Gasteiger partial charge in [-0.2, -0.15) is 0 Å². The van der Waals surface area contributed by atoms with Crippen molar-refractivity contribution >= 4 is 17.5 Å². The third-order valence-corrected chi connectivity index (χ3v) is 6.25. The van der Waals surface area contributed by atoms with Crippen LogP contribution in [0.15, 0.2) is 72.3 Å². The summed E-state index contributed by atoms with van der Waals surface area (Å²) >= 11 is 0. The Labute approximate surface area is 207 Å². The first kappa shape index (κ1) is 23.4. The molecule has 0 aliphatic carbocycles. The molecule has 8 nitrogen and oxygen atoms in total. The molecule has 2 heterocycles. The van der Waals surface area contributed by atoms with E-state index >= 15 is 0 Å². The van der Waals surface area contributed by atoms with Crippen LogP contribution >= 0.6 is 0 Å². The predicted octanol–water partition coefficient (Wildman–Crippen LogP) is 3.54. The first-order valence-corrected chi connectivity index (χ1v) is 11.3. The molecular formula is C28H24O8. The lowest BCUT2D eigenvalue weighted by molar-refractivity contribution is -0.185. The largest absolute Gasteiger partial charge is 0.497 e. The minimum Gasteiger partial charge on any atom is -0.497 e. The molecule has 8 heteroatoms. The summed E-state index contributed by atoms with van der Waals surface area (Å²) in [4.78, 5) is 25.0. The molecule has 1 atom stereocenters. The van der Waals surface area contributed by atoms with Crippen molar-refractivity contribution in [1.29, 1.82) is 0 Å². The number of ether oxygens (including phenoxy) is 5. The summed E-state index contributed by atoms with van der Waals surface area (Å²) < 4.78 is 26.5. The monoisotopic (exact) mass is 488 g/mol. The lowest BCUT2D eigenvalue weighted by atomic mass is 9.87. The van der Waals surface area contributed by atoms with Crippen LogP contribution in [0, 0.1) is 0 Å². The Morgan fingerprint density at radius 2 is 1.72 bits per heavy atom. The Bertz CT molecular complexity index is 1360. The van der Waals surface area contributed by atoms with Gasteiger partial charge in [-0.3, -0.25) is 4.79 Å². The van der Waals surface area contributed by atoms with Crippen LogP contribution in [0.1, 0.15) is 22.3 Å². The van der Waals surface area contributed by atoms with Crippen molar-refractivity contribution in [1.82, 2.24) is 0 Å². The van der Waals surface area contributed by atoms with Gasteiger partial charge < -0.3 is 28.8 Å². The lowest BCUT2D eigenvalue weighted by Crippen LogP contribution is -2.29. The molecule has 0 aromatic heterocycles. The number of cyclic esters (lactones) is 1. The van der Waals surface area contributed by atoms with E-state index in [4.69, 9.17) is 23.7 Å². The van der Waals surface area contributed by atoms with Gasteiger partial charge in [-0.25, -0.2) is 4.79 Å². The highest BCUT2D eigenvalue weighted by Crippen LogP contribution is 2.46. The fourth-order valence-corrected chi connectivity index (χ4v) is 4.43. The highest BCUT2D eigenvalue weighted by Gasteiger charge is 2.48. The molecule has 1 N–H and O–H groups in total. The van der Waals surface area contributed by atoms with E-state index in [0.717, 1.165) is 11.1 Å². The third-order valence-electron chi connectivity index (χ3n) is 6.25. The van der Waals surface area contributed by atoms with Gasteiger partial charge in [0.15, 0.2) is 11.5 Å². The van der Waals surface area contributed by atoms with Crippen LogP contribution in [0.3, 0.4) is 0 Å². The van der Waals surface area contributed by atoms with Crippen molar-refractivity contribution in [3.8, 4) is 17.2 Å². The number of benzene rings is 3. The Morgan fingerprint density at radius 3 is 2.47 bits per heavy atom. The molecule has 0 saturated heterocycles. The summed E-state index contributed by atoms with van der Waals surface area (Å²) in [6, 6.07) is 19.2. The molecular weight excluding hydrogens is 464 g/mol. The van der Waals surface area contributed by atoms with Crippen molar-refractivity contribution in [3.63, 3.8) is 0 Å². The Morgan fingerprint density at radius 1 is 0.972 bits per heavy atom. The van der Waals surface area contributed by atoms with Crippen molar-refractivity contribution in [3.05, 3.63) is 94.6 Å². The second-order valence-corrected chi connectivity index (χ2v) is 8.43. The summed E-state index contributed by atoms with van der Waals surface area (Å²) in [6.07, 6.45) is 0.295. The Balaban J connectivity index is 1.62. The fraction of sp³-hybridized carbons (Fsp3) is 0.214. The SMILES string of the molecule is COC(=O)Cc1cccc(CC2=C(c3ccc4c(c3)OCO4)C(=O)OC2(O)c2ccc(OC)cc2)c1. The maximum atomic E-state index is 13.2. The maximum Gasteiger partial charge on any atom is 0.342 e. The van der Waals surface area contributed by atoms with E-state index in [1.807, 2.05) is 24.3 Å². The number of carbonyl (C=O) groups is 2.